The molecule has 0 N–H and O–H groups in total. The third-order valence-electron chi connectivity index (χ3n) is 3.96. The number of hydrogen-bond acceptors (Lipinski definition) is 11. The van der Waals surface area contributed by atoms with Crippen LogP contribution in [0, 0.1) is 0 Å². The van der Waals surface area contributed by atoms with E-state index in [0.29, 0.717) is 5.56 Å². The number of carbonyl (C=O) groups excluding carboxylic acids is 5. The molecular weight excluding hydrogens is 720 g/mol. The molecule has 1 fully saturated rings. The summed E-state index contributed by atoms with van der Waals surface area (Å²) in [6.45, 7) is 4.50. The van der Waals surface area contributed by atoms with Crippen molar-refractivity contribution in [2.45, 2.75) is 57.1 Å². The van der Waals surface area contributed by atoms with Crippen LogP contribution < -0.4 is 0 Å². The van der Waals surface area contributed by atoms with Gasteiger partial charge in [-0.15, -0.1) is 0 Å². The summed E-state index contributed by atoms with van der Waals surface area (Å²) in [6.07, 6.45) is -4.15. The van der Waals surface area contributed by atoms with E-state index < -0.39 is 53.3 Å². The number of hydrogen-bond donors (Lipinski definition) is 0. The molecule has 5 atom stereocenters. The Hall–Kier alpha value is -1.79. The first kappa shape index (κ1) is 32.2. The van der Waals surface area contributed by atoms with Crippen LogP contribution in [0.5, 0.6) is 0 Å². The molecule has 0 amide bonds. The second-order valence-electron chi connectivity index (χ2n) is 6.72. The van der Waals surface area contributed by atoms with Crippen LogP contribution in [0.25, 0.3) is 0 Å². The number of carbonyl (C=O) groups is 5. The molecule has 1 heterocycles. The third kappa shape index (κ3) is 11.6. The fourth-order valence-electron chi connectivity index (χ4n) is 2.76. The predicted molar refractivity (Wildman–Crippen MR) is 116 cm³/mol. The largest absolute Gasteiger partial charge is 1.00 e. The molecule has 13 heteroatoms. The Morgan fingerprint density at radius 1 is 0.824 bits per heavy atom. The molecule has 2 rings (SSSR count). The number of esters is 4. The van der Waals surface area contributed by atoms with Crippen molar-refractivity contribution in [1.29, 1.82) is 0 Å². The molecule has 0 saturated carbocycles. The van der Waals surface area contributed by atoms with E-state index in [2.05, 4.69) is 28.6 Å². The zero-order chi connectivity index (χ0) is 25.1. The van der Waals surface area contributed by atoms with Gasteiger partial charge in [-0.3, -0.25) is 0 Å². The molecule has 0 spiro atoms. The Balaban J connectivity index is 0.000000911. The van der Waals surface area contributed by atoms with Crippen molar-refractivity contribution in [3.05, 3.63) is 35.9 Å². The number of benzene rings is 1. The van der Waals surface area contributed by atoms with Gasteiger partial charge in [0.2, 0.25) is 0 Å². The molecule has 0 aromatic heterocycles. The summed E-state index contributed by atoms with van der Waals surface area (Å²) < 4.78 is 26.0. The molecule has 191 valence electrons. The minimum Gasteiger partial charge on any atom is -0.737 e. The summed E-state index contributed by atoms with van der Waals surface area (Å²) in [5, 5.41) is -1.10. The van der Waals surface area contributed by atoms with Crippen LogP contribution in [0.3, 0.4) is 0 Å². The standard InChI is InChI=1S/C14H19O9Se.C7H6OS.Au/c1-6(15)19-5-10-11(20-7(2)16)12(21-8(3)17)13(14(24)23-10)22-9(4)18;8-7(9)6-4-2-1-3-5-6;/h10-14H,5H2,1-4H3;1-5H,(H,8,9);/q;;+1/p-1. The molecule has 0 bridgehead atoms. The second-order valence-corrected chi connectivity index (χ2v) is 8.07. The molecule has 0 aliphatic carbocycles. The smallest absolute Gasteiger partial charge is 0.737 e. The van der Waals surface area contributed by atoms with Crippen molar-refractivity contribution >= 4 is 57.6 Å². The van der Waals surface area contributed by atoms with Crippen molar-refractivity contribution in [2.75, 3.05) is 6.61 Å². The van der Waals surface area contributed by atoms with Gasteiger partial charge in [0, 0.05) is 5.12 Å². The molecule has 1 aliphatic heterocycles. The van der Waals surface area contributed by atoms with E-state index in [1.165, 1.54) is 27.7 Å². The predicted octanol–water partition coefficient (Wildman–Crippen LogP) is 0.609. The van der Waals surface area contributed by atoms with Crippen LogP contribution in [0.15, 0.2) is 30.3 Å². The van der Waals surface area contributed by atoms with Gasteiger partial charge in [0.1, 0.15) is 0 Å². The quantitative estimate of drug-likeness (QED) is 0.176. The van der Waals surface area contributed by atoms with Gasteiger partial charge in [0.15, 0.2) is 0 Å². The Labute approximate surface area is 226 Å². The van der Waals surface area contributed by atoms with E-state index >= 15 is 0 Å². The third-order valence-corrected chi connectivity index (χ3v) is 4.99. The van der Waals surface area contributed by atoms with Gasteiger partial charge in [0.05, 0.1) is 0 Å². The zero-order valence-electron chi connectivity index (χ0n) is 18.7. The Bertz CT molecular complexity index is 853. The number of ether oxygens (including phenoxy) is 5. The first-order chi connectivity index (χ1) is 15.4. The molecule has 1 saturated heterocycles. The first-order valence-electron chi connectivity index (χ1n) is 9.65. The summed E-state index contributed by atoms with van der Waals surface area (Å²) in [6, 6.07) is 8.84. The van der Waals surface area contributed by atoms with Crippen molar-refractivity contribution < 1.29 is 70.0 Å². The van der Waals surface area contributed by atoms with E-state index in [0.717, 1.165) is 0 Å². The van der Waals surface area contributed by atoms with Gasteiger partial charge in [-0.25, -0.2) is 0 Å². The van der Waals surface area contributed by atoms with E-state index in [-0.39, 0.29) is 34.1 Å². The summed E-state index contributed by atoms with van der Waals surface area (Å²) >= 11 is 7.06. The minimum absolute atomic E-state index is 0. The molecular formula is C21H24AuO10SSe. The molecule has 10 nitrogen and oxygen atoms in total. The molecule has 5 unspecified atom stereocenters. The van der Waals surface area contributed by atoms with Crippen LogP contribution >= 0.6 is 0 Å². The fraction of sp³-hybridized carbons (Fsp3) is 0.476. The monoisotopic (exact) mass is 745 g/mol. The molecule has 1 aromatic rings. The normalized spacial score (nSPS) is 23.0. The summed E-state index contributed by atoms with van der Waals surface area (Å²) in [5.41, 5.74) is 0.590. The maximum absolute atomic E-state index is 11.4. The Morgan fingerprint density at radius 2 is 1.29 bits per heavy atom. The van der Waals surface area contributed by atoms with Gasteiger partial charge in [-0.05, 0) is 5.56 Å². The van der Waals surface area contributed by atoms with Crippen LogP contribution in [-0.4, -0.2) is 81.0 Å². The Kier molecular flexibility index (Phi) is 15.1. The van der Waals surface area contributed by atoms with E-state index in [4.69, 9.17) is 23.7 Å². The van der Waals surface area contributed by atoms with Crippen LogP contribution in [0.2, 0.25) is 0 Å². The van der Waals surface area contributed by atoms with Gasteiger partial charge >= 0.3 is 169 Å². The maximum atomic E-state index is 11.4. The fourth-order valence-corrected chi connectivity index (χ4v) is 3.64. The summed E-state index contributed by atoms with van der Waals surface area (Å²) in [7, 11) is 0. The zero-order valence-corrected chi connectivity index (χ0v) is 23.4. The summed E-state index contributed by atoms with van der Waals surface area (Å²) in [4.78, 5) is 55.6. The van der Waals surface area contributed by atoms with Gasteiger partial charge in [-0.2, -0.15) is 0 Å². The van der Waals surface area contributed by atoms with Gasteiger partial charge in [0.25, 0.3) is 0 Å². The van der Waals surface area contributed by atoms with Crippen molar-refractivity contribution in [3.63, 3.8) is 0 Å². The topological polar surface area (TPSA) is 132 Å². The maximum Gasteiger partial charge on any atom is 1.00 e. The molecule has 1 radical (unpaired) electrons. The second kappa shape index (κ2) is 16.0. The SMILES string of the molecule is CC(=O)OCC1OC([Se])C(OC(C)=O)C(OC(C)=O)C1OC(C)=O.O=C([S-])c1ccccc1.[Au+]. The molecule has 34 heavy (non-hydrogen) atoms. The average molecular weight is 744 g/mol. The van der Waals surface area contributed by atoms with E-state index in [9.17, 15) is 24.0 Å². The van der Waals surface area contributed by atoms with Crippen LogP contribution in [-0.2, 0) is 77.9 Å². The van der Waals surface area contributed by atoms with Gasteiger partial charge in [-0.1, -0.05) is 30.3 Å². The van der Waals surface area contributed by atoms with Crippen molar-refractivity contribution in [2.24, 2.45) is 0 Å². The van der Waals surface area contributed by atoms with E-state index in [1.807, 2.05) is 6.07 Å². The van der Waals surface area contributed by atoms with Gasteiger partial charge < -0.3 is 17.4 Å². The molecule has 1 aromatic carbocycles. The summed E-state index contributed by atoms with van der Waals surface area (Å²) in [5.74, 6) is -2.49. The minimum atomic E-state index is -1.11. The van der Waals surface area contributed by atoms with Crippen molar-refractivity contribution in [1.82, 2.24) is 0 Å². The average Bonchev–Trinajstić information content (AvgIpc) is 2.71. The Morgan fingerprint density at radius 3 is 1.71 bits per heavy atom. The number of rotatable bonds is 6. The first-order valence-corrected chi connectivity index (χ1v) is 11.0. The van der Waals surface area contributed by atoms with E-state index in [1.54, 1.807) is 24.3 Å². The van der Waals surface area contributed by atoms with Crippen LogP contribution in [0.1, 0.15) is 38.1 Å². The van der Waals surface area contributed by atoms with Crippen LogP contribution in [0.4, 0.5) is 0 Å². The van der Waals surface area contributed by atoms with Crippen molar-refractivity contribution in [3.8, 4) is 0 Å². The molecule has 1 aliphatic rings.